The van der Waals surface area contributed by atoms with E-state index in [2.05, 4.69) is 111 Å². The third-order valence-corrected chi connectivity index (χ3v) is 4.91. The maximum atomic E-state index is 2.31. The second-order valence-corrected chi connectivity index (χ2v) is 6.52. The summed E-state index contributed by atoms with van der Waals surface area (Å²) in [5.41, 5.74) is 5.08. The van der Waals surface area contributed by atoms with Gasteiger partial charge in [0.05, 0.1) is 0 Å². The van der Waals surface area contributed by atoms with E-state index < -0.39 is 0 Å². The van der Waals surface area contributed by atoms with Crippen molar-refractivity contribution in [2.75, 3.05) is 0 Å². The topological polar surface area (TPSA) is 0 Å². The van der Waals surface area contributed by atoms with Gasteiger partial charge in [0, 0.05) is 0 Å². The molecule has 0 atom stereocenters. The Labute approximate surface area is 168 Å². The van der Waals surface area contributed by atoms with E-state index in [1.807, 2.05) is 13.8 Å². The van der Waals surface area contributed by atoms with E-state index in [9.17, 15) is 0 Å². The largest absolute Gasteiger partial charge is 0.0871 e. The van der Waals surface area contributed by atoms with E-state index in [0.717, 1.165) is 0 Å². The lowest BCUT2D eigenvalue weighted by Crippen LogP contribution is -1.88. The van der Waals surface area contributed by atoms with Crippen molar-refractivity contribution in [3.8, 4) is 11.1 Å². The van der Waals surface area contributed by atoms with E-state index in [1.165, 1.54) is 43.8 Å². The van der Waals surface area contributed by atoms with Gasteiger partial charge in [-0.3, -0.25) is 0 Å². The van der Waals surface area contributed by atoms with Crippen molar-refractivity contribution in [3.63, 3.8) is 0 Å². The molecule has 0 spiro atoms. The van der Waals surface area contributed by atoms with E-state index >= 15 is 0 Å². The first-order valence-corrected chi connectivity index (χ1v) is 10.1. The molecule has 0 nitrogen and oxygen atoms in total. The summed E-state index contributed by atoms with van der Waals surface area (Å²) in [6.45, 7) is 8.15. The van der Waals surface area contributed by atoms with Gasteiger partial charge >= 0.3 is 0 Å². The number of hydrogen-bond donors (Lipinski definition) is 0. The minimum atomic E-state index is 1.25. The zero-order valence-electron chi connectivity index (χ0n) is 17.2. The zero-order chi connectivity index (χ0) is 19.9. The highest BCUT2D eigenvalue weighted by atomic mass is 14.1. The first-order chi connectivity index (χ1) is 13.8. The quantitative estimate of drug-likeness (QED) is 0.252. The van der Waals surface area contributed by atoms with Gasteiger partial charge in [0.1, 0.15) is 0 Å². The third-order valence-electron chi connectivity index (χ3n) is 4.91. The lowest BCUT2D eigenvalue weighted by Gasteiger charge is -2.13. The van der Waals surface area contributed by atoms with Gasteiger partial charge < -0.3 is 0 Å². The first-order valence-electron chi connectivity index (χ1n) is 10.1. The second kappa shape index (κ2) is 9.19. The molecule has 0 bridgehead atoms. The summed E-state index contributed by atoms with van der Waals surface area (Å²) in [5, 5.41) is 5.17. The van der Waals surface area contributed by atoms with E-state index in [0.29, 0.717) is 0 Å². The molecule has 0 aliphatic heterocycles. The smallest absolute Gasteiger partial charge is 0.00266 e. The second-order valence-electron chi connectivity index (χ2n) is 6.52. The lowest BCUT2D eigenvalue weighted by atomic mass is 9.90. The number of fused-ring (bicyclic) bond motifs is 2. The average Bonchev–Trinajstić information content (AvgIpc) is 2.77. The molecular weight excluding hydrogens is 336 g/mol. The van der Waals surface area contributed by atoms with E-state index in [-0.39, 0.29) is 0 Å². The third kappa shape index (κ3) is 3.77. The number of hydrogen-bond acceptors (Lipinski definition) is 0. The van der Waals surface area contributed by atoms with Crippen LogP contribution in [-0.4, -0.2) is 0 Å². The lowest BCUT2D eigenvalue weighted by molar-refractivity contribution is 1.50. The summed E-state index contributed by atoms with van der Waals surface area (Å²) >= 11 is 0. The number of benzene rings is 4. The highest BCUT2D eigenvalue weighted by molar-refractivity contribution is 6.12. The van der Waals surface area contributed by atoms with Gasteiger partial charge in [-0.1, -0.05) is 98.8 Å². The molecule has 0 aliphatic carbocycles. The van der Waals surface area contributed by atoms with Crippen molar-refractivity contribution < 1.29 is 0 Å². The van der Waals surface area contributed by atoms with Gasteiger partial charge in [-0.05, 0) is 69.8 Å². The normalized spacial score (nSPS) is 11.6. The first kappa shape index (κ1) is 19.6. The van der Waals surface area contributed by atoms with Crippen LogP contribution in [0.5, 0.6) is 0 Å². The Balaban J connectivity index is 0.00000109. The van der Waals surface area contributed by atoms with Gasteiger partial charge in [0.15, 0.2) is 0 Å². The van der Waals surface area contributed by atoms with Gasteiger partial charge in [0.25, 0.3) is 0 Å². The molecule has 28 heavy (non-hydrogen) atoms. The summed E-state index contributed by atoms with van der Waals surface area (Å²) < 4.78 is 0. The van der Waals surface area contributed by atoms with Crippen molar-refractivity contribution >= 4 is 27.1 Å². The SMILES string of the molecule is C/C=C\C(=C/C)c1cccc(-c2c3ccccc3cc3ccccc23)c1.CC. The van der Waals surface area contributed by atoms with Crippen LogP contribution in [0.2, 0.25) is 0 Å². The maximum absolute atomic E-state index is 2.31. The van der Waals surface area contributed by atoms with Crippen molar-refractivity contribution in [2.45, 2.75) is 27.7 Å². The van der Waals surface area contributed by atoms with Gasteiger partial charge in [-0.15, -0.1) is 0 Å². The molecule has 0 radical (unpaired) electrons. The fraction of sp³-hybridized carbons (Fsp3) is 0.143. The molecule has 0 heterocycles. The van der Waals surface area contributed by atoms with Crippen molar-refractivity contribution in [3.05, 3.63) is 103 Å². The standard InChI is InChI=1S/C26H22.C2H6/c1-3-10-19(4-2)20-13-9-14-23(17-20)26-24-15-7-5-11-21(24)18-22-12-6-8-16-25(22)26;1-2/h3-18H,1-2H3;1-2H3/b10-3-,19-4+;. The van der Waals surface area contributed by atoms with Crippen LogP contribution >= 0.6 is 0 Å². The van der Waals surface area contributed by atoms with Crippen molar-refractivity contribution in [1.29, 1.82) is 0 Å². The Kier molecular flexibility index (Phi) is 6.45. The van der Waals surface area contributed by atoms with Crippen molar-refractivity contribution in [1.82, 2.24) is 0 Å². The minimum absolute atomic E-state index is 1.25. The van der Waals surface area contributed by atoms with Gasteiger partial charge in [-0.2, -0.15) is 0 Å². The van der Waals surface area contributed by atoms with Crippen LogP contribution in [0, 0.1) is 0 Å². The Bertz CT molecular complexity index is 1090. The molecule has 0 saturated carbocycles. The fourth-order valence-electron chi connectivity index (χ4n) is 3.72. The molecule has 140 valence electrons. The summed E-state index contributed by atoms with van der Waals surface area (Å²) in [4.78, 5) is 0. The maximum Gasteiger partial charge on any atom is -0.00266 e. The van der Waals surface area contributed by atoms with Crippen LogP contribution in [0.25, 0.3) is 38.2 Å². The molecule has 4 rings (SSSR count). The molecule has 0 aliphatic rings. The van der Waals surface area contributed by atoms with Crippen LogP contribution in [0.3, 0.4) is 0 Å². The number of allylic oxidation sites excluding steroid dienone is 4. The fourth-order valence-corrected chi connectivity index (χ4v) is 3.72. The van der Waals surface area contributed by atoms with Crippen LogP contribution in [0.1, 0.15) is 33.3 Å². The average molecular weight is 365 g/mol. The molecule has 4 aromatic carbocycles. The highest BCUT2D eigenvalue weighted by Gasteiger charge is 2.10. The van der Waals surface area contributed by atoms with Crippen LogP contribution in [0.4, 0.5) is 0 Å². The van der Waals surface area contributed by atoms with E-state index in [1.54, 1.807) is 0 Å². The monoisotopic (exact) mass is 364 g/mol. The van der Waals surface area contributed by atoms with Crippen LogP contribution < -0.4 is 0 Å². The summed E-state index contributed by atoms with van der Waals surface area (Å²) in [6.07, 6.45) is 6.43. The molecule has 0 fully saturated rings. The zero-order valence-corrected chi connectivity index (χ0v) is 17.2. The Morgan fingerprint density at radius 1 is 0.679 bits per heavy atom. The summed E-state index contributed by atoms with van der Waals surface area (Å²) in [7, 11) is 0. The molecule has 4 aromatic rings. The Morgan fingerprint density at radius 3 is 1.86 bits per heavy atom. The molecule has 0 saturated heterocycles. The van der Waals surface area contributed by atoms with E-state index in [4.69, 9.17) is 0 Å². The van der Waals surface area contributed by atoms with Gasteiger partial charge in [-0.25, -0.2) is 0 Å². The predicted octanol–water partition coefficient (Wildman–Crippen LogP) is 8.67. The van der Waals surface area contributed by atoms with Crippen LogP contribution in [-0.2, 0) is 0 Å². The molecule has 0 N–H and O–H groups in total. The molecule has 0 heteroatoms. The van der Waals surface area contributed by atoms with Crippen molar-refractivity contribution in [2.24, 2.45) is 0 Å². The van der Waals surface area contributed by atoms with Gasteiger partial charge in [0.2, 0.25) is 0 Å². The minimum Gasteiger partial charge on any atom is -0.0871 e. The molecular formula is C28H28. The molecule has 0 amide bonds. The Morgan fingerprint density at radius 2 is 1.29 bits per heavy atom. The predicted molar refractivity (Wildman–Crippen MR) is 127 cm³/mol. The van der Waals surface area contributed by atoms with Crippen LogP contribution in [0.15, 0.2) is 97.1 Å². The summed E-state index contributed by atoms with van der Waals surface area (Å²) in [5.74, 6) is 0. The summed E-state index contributed by atoms with van der Waals surface area (Å²) in [6, 6.07) is 28.5. The highest BCUT2D eigenvalue weighted by Crippen LogP contribution is 2.37. The number of rotatable bonds is 3. The molecule has 0 unspecified atom stereocenters. The Hall–Kier alpha value is -3.12. The molecule has 0 aromatic heterocycles.